The number of ether oxygens (including phenoxy) is 1. The lowest BCUT2D eigenvalue weighted by atomic mass is 10.2. The largest absolute Gasteiger partial charge is 0.489 e. The quantitative estimate of drug-likeness (QED) is 0.412. The number of rotatable bonds is 10. The molecule has 0 saturated carbocycles. The van der Waals surface area contributed by atoms with Crippen LogP contribution < -0.4 is 20.1 Å². The zero-order valence-electron chi connectivity index (χ0n) is 21.0. The Hall–Kier alpha value is -2.53. The fourth-order valence-electron chi connectivity index (χ4n) is 2.90. The van der Waals surface area contributed by atoms with Crippen LogP contribution in [0.1, 0.15) is 27.7 Å². The Morgan fingerprint density at radius 2 is 1.88 bits per heavy atom. The highest BCUT2D eigenvalue weighted by molar-refractivity contribution is 7.82. The van der Waals surface area contributed by atoms with Gasteiger partial charge in [-0.3, -0.25) is 0 Å². The first-order valence-electron chi connectivity index (χ1n) is 11.2. The summed E-state index contributed by atoms with van der Waals surface area (Å²) in [4.78, 5) is 14.1. The molecule has 0 aliphatic rings. The van der Waals surface area contributed by atoms with Crippen molar-refractivity contribution in [2.45, 2.75) is 38.7 Å². The molecule has 0 saturated heterocycles. The molecule has 1 atom stereocenters. The molecule has 0 radical (unpaired) electrons. The van der Waals surface area contributed by atoms with Crippen molar-refractivity contribution in [1.29, 1.82) is 0 Å². The van der Waals surface area contributed by atoms with Crippen molar-refractivity contribution in [1.82, 2.24) is 14.9 Å². The van der Waals surface area contributed by atoms with E-state index in [2.05, 4.69) is 39.2 Å². The third-order valence-corrected chi connectivity index (χ3v) is 6.09. The van der Waals surface area contributed by atoms with E-state index in [4.69, 9.17) is 9.88 Å². The molecular formula is C24H36N6O2S2. The van der Waals surface area contributed by atoms with E-state index >= 15 is 0 Å². The molecular weight excluding hydrogens is 468 g/mol. The summed E-state index contributed by atoms with van der Waals surface area (Å²) in [5.41, 5.74) is 2.44. The van der Waals surface area contributed by atoms with Gasteiger partial charge in [-0.25, -0.2) is 19.3 Å². The summed E-state index contributed by atoms with van der Waals surface area (Å²) in [6.07, 6.45) is 1.84. The summed E-state index contributed by atoms with van der Waals surface area (Å²) in [6, 6.07) is 9.24. The molecule has 34 heavy (non-hydrogen) atoms. The second-order valence-electron chi connectivity index (χ2n) is 7.91. The predicted molar refractivity (Wildman–Crippen MR) is 145 cm³/mol. The standard InChI is InChI=1S/C22H30N6O2S2.C2H6/c1-15(2)30-20-8-7-17(32(23)29)12-18(20)25-22-26-19(14-31-22)16-6-9-21(24-13-16)28(5)11-10-27(3)4;1-2/h6-9,12-15H,10-11,23H2,1-5H3,(H,25,26);1-2H3. The SMILES string of the molecule is CC.CC(C)Oc1ccc(S(N)=O)cc1Nc1nc(-c2ccc(N(C)CCN(C)C)nc2)cs1. The van der Waals surface area contributed by atoms with Gasteiger partial charge in [-0.05, 0) is 58.3 Å². The number of aromatic nitrogens is 2. The van der Waals surface area contributed by atoms with Crippen LogP contribution >= 0.6 is 11.3 Å². The predicted octanol–water partition coefficient (Wildman–Crippen LogP) is 4.74. The van der Waals surface area contributed by atoms with Crippen molar-refractivity contribution in [3.8, 4) is 17.0 Å². The second kappa shape index (κ2) is 13.4. The van der Waals surface area contributed by atoms with E-state index in [9.17, 15) is 4.21 Å². The first kappa shape index (κ1) is 27.7. The Morgan fingerprint density at radius 1 is 1.15 bits per heavy atom. The van der Waals surface area contributed by atoms with E-state index in [0.717, 1.165) is 30.2 Å². The van der Waals surface area contributed by atoms with Crippen molar-refractivity contribution in [2.24, 2.45) is 5.14 Å². The average molecular weight is 505 g/mol. The van der Waals surface area contributed by atoms with Gasteiger partial charge in [-0.2, -0.15) is 0 Å². The van der Waals surface area contributed by atoms with E-state index in [1.807, 2.05) is 58.5 Å². The molecule has 2 heterocycles. The van der Waals surface area contributed by atoms with Crippen molar-refractivity contribution in [3.63, 3.8) is 0 Å². The van der Waals surface area contributed by atoms with Crippen LogP contribution in [0.2, 0.25) is 0 Å². The Balaban J connectivity index is 0.00000199. The summed E-state index contributed by atoms with van der Waals surface area (Å²) in [5, 5.41) is 11.5. The number of nitrogens with two attached hydrogens (primary N) is 1. The lowest BCUT2D eigenvalue weighted by Crippen LogP contribution is -2.28. The van der Waals surface area contributed by atoms with E-state index in [1.54, 1.807) is 18.2 Å². The van der Waals surface area contributed by atoms with Crippen LogP contribution in [0, 0.1) is 0 Å². The molecule has 3 N–H and O–H groups in total. The molecule has 0 spiro atoms. The number of pyridine rings is 1. The molecule has 0 aliphatic carbocycles. The molecule has 0 fully saturated rings. The molecule has 2 aromatic heterocycles. The molecule has 0 bridgehead atoms. The van der Waals surface area contributed by atoms with Crippen LogP contribution in [-0.4, -0.2) is 59.4 Å². The number of nitrogens with zero attached hydrogens (tertiary/aromatic N) is 4. The Labute approximate surface area is 209 Å². The van der Waals surface area contributed by atoms with Gasteiger partial charge in [0.2, 0.25) is 0 Å². The average Bonchev–Trinajstić information content (AvgIpc) is 3.28. The van der Waals surface area contributed by atoms with Crippen LogP contribution in [0.5, 0.6) is 5.75 Å². The molecule has 186 valence electrons. The third kappa shape index (κ3) is 8.05. The minimum absolute atomic E-state index is 0.00271. The number of likely N-dealkylation sites (N-methyl/N-ethyl adjacent to an activating group) is 2. The van der Waals surface area contributed by atoms with Crippen LogP contribution in [0.4, 0.5) is 16.6 Å². The zero-order chi connectivity index (χ0) is 25.3. The molecule has 1 unspecified atom stereocenters. The minimum atomic E-state index is -1.58. The number of hydrogen-bond acceptors (Lipinski definition) is 8. The Bertz CT molecular complexity index is 1050. The summed E-state index contributed by atoms with van der Waals surface area (Å²) in [7, 11) is 4.57. The van der Waals surface area contributed by atoms with Gasteiger partial charge < -0.3 is 19.9 Å². The summed E-state index contributed by atoms with van der Waals surface area (Å²) in [6.45, 7) is 9.77. The van der Waals surface area contributed by atoms with Gasteiger partial charge in [0.1, 0.15) is 22.6 Å². The van der Waals surface area contributed by atoms with Crippen molar-refractivity contribution in [2.75, 3.05) is 44.4 Å². The van der Waals surface area contributed by atoms with Crippen LogP contribution in [-0.2, 0) is 11.0 Å². The number of benzene rings is 1. The van der Waals surface area contributed by atoms with Gasteiger partial charge in [-0.1, -0.05) is 13.8 Å². The Morgan fingerprint density at radius 3 is 2.47 bits per heavy atom. The maximum Gasteiger partial charge on any atom is 0.187 e. The van der Waals surface area contributed by atoms with Crippen LogP contribution in [0.3, 0.4) is 0 Å². The second-order valence-corrected chi connectivity index (χ2v) is 9.84. The van der Waals surface area contributed by atoms with Gasteiger partial charge >= 0.3 is 0 Å². The fraction of sp³-hybridized carbons (Fsp3) is 0.417. The maximum atomic E-state index is 11.7. The fourth-order valence-corrected chi connectivity index (χ4v) is 4.06. The number of thiazole rings is 1. The molecule has 8 nitrogen and oxygen atoms in total. The van der Waals surface area contributed by atoms with Crippen LogP contribution in [0.25, 0.3) is 11.3 Å². The van der Waals surface area contributed by atoms with Gasteiger partial charge in [0.15, 0.2) is 5.13 Å². The van der Waals surface area contributed by atoms with Crippen molar-refractivity contribution >= 4 is 39.0 Å². The van der Waals surface area contributed by atoms with Gasteiger partial charge in [0.05, 0.1) is 22.4 Å². The molecule has 0 aliphatic heterocycles. The minimum Gasteiger partial charge on any atom is -0.489 e. The van der Waals surface area contributed by atoms with Gasteiger partial charge in [0, 0.05) is 37.3 Å². The topological polar surface area (TPSA) is 96.6 Å². The molecule has 10 heteroatoms. The summed E-state index contributed by atoms with van der Waals surface area (Å²) in [5.74, 6) is 1.57. The molecule has 3 aromatic rings. The molecule has 3 rings (SSSR count). The van der Waals surface area contributed by atoms with E-state index < -0.39 is 11.0 Å². The van der Waals surface area contributed by atoms with E-state index in [1.165, 1.54) is 11.3 Å². The summed E-state index contributed by atoms with van der Waals surface area (Å²) >= 11 is 1.47. The Kier molecular flexibility index (Phi) is 10.9. The van der Waals surface area contributed by atoms with Crippen molar-refractivity contribution in [3.05, 3.63) is 41.9 Å². The van der Waals surface area contributed by atoms with Gasteiger partial charge in [0.25, 0.3) is 0 Å². The smallest absolute Gasteiger partial charge is 0.187 e. The first-order valence-corrected chi connectivity index (χ1v) is 13.3. The normalized spacial score (nSPS) is 11.7. The number of hydrogen-bond donors (Lipinski definition) is 2. The number of anilines is 3. The van der Waals surface area contributed by atoms with E-state index in [-0.39, 0.29) is 6.10 Å². The third-order valence-electron chi connectivity index (χ3n) is 4.61. The van der Waals surface area contributed by atoms with Crippen molar-refractivity contribution < 1.29 is 8.95 Å². The monoisotopic (exact) mass is 504 g/mol. The number of nitrogens with one attached hydrogen (secondary N) is 1. The first-order chi connectivity index (χ1) is 16.2. The highest BCUT2D eigenvalue weighted by Crippen LogP contribution is 2.33. The lowest BCUT2D eigenvalue weighted by Gasteiger charge is -2.20. The van der Waals surface area contributed by atoms with Gasteiger partial charge in [-0.15, -0.1) is 11.3 Å². The summed E-state index contributed by atoms with van der Waals surface area (Å²) < 4.78 is 17.6. The highest BCUT2D eigenvalue weighted by Gasteiger charge is 2.13. The zero-order valence-corrected chi connectivity index (χ0v) is 22.7. The highest BCUT2D eigenvalue weighted by atomic mass is 32.2. The van der Waals surface area contributed by atoms with E-state index in [0.29, 0.717) is 21.5 Å². The lowest BCUT2D eigenvalue weighted by molar-refractivity contribution is 0.243. The maximum absolute atomic E-state index is 11.7. The molecule has 0 amide bonds. The molecule has 1 aromatic carbocycles. The van der Waals surface area contributed by atoms with Crippen LogP contribution in [0.15, 0.2) is 46.8 Å².